The number of carbonyl (C=O) groups excluding carboxylic acids is 1. The first-order valence-corrected chi connectivity index (χ1v) is 13.7. The molecule has 1 saturated heterocycles. The Morgan fingerprint density at radius 1 is 0.909 bits per heavy atom. The molecular formula is C26H33Br2NO4. The molecule has 2 aromatic carbocycles. The van der Waals surface area contributed by atoms with Gasteiger partial charge in [-0.1, -0.05) is 50.1 Å². The Morgan fingerprint density at radius 3 is 2.09 bits per heavy atom. The van der Waals surface area contributed by atoms with E-state index in [2.05, 4.69) is 68.3 Å². The van der Waals surface area contributed by atoms with Gasteiger partial charge in [-0.25, -0.2) is 0 Å². The number of rotatable bonds is 11. The van der Waals surface area contributed by atoms with E-state index in [1.807, 2.05) is 11.0 Å². The highest BCUT2D eigenvalue weighted by molar-refractivity contribution is 9.09. The zero-order chi connectivity index (χ0) is 23.7. The normalized spacial score (nSPS) is 15.2. The second-order valence-corrected chi connectivity index (χ2v) is 9.85. The largest absolute Gasteiger partial charge is 0.494 e. The van der Waals surface area contributed by atoms with E-state index in [9.17, 15) is 4.79 Å². The maximum atomic E-state index is 12.0. The quantitative estimate of drug-likeness (QED) is 0.243. The van der Waals surface area contributed by atoms with E-state index >= 15 is 0 Å². The Hall–Kier alpha value is -1.73. The molecule has 0 radical (unpaired) electrons. The summed E-state index contributed by atoms with van der Waals surface area (Å²) in [5.41, 5.74) is 2.21. The molecule has 33 heavy (non-hydrogen) atoms. The number of amides is 1. The fourth-order valence-electron chi connectivity index (χ4n) is 4.38. The Balaban J connectivity index is 1.92. The third kappa shape index (κ3) is 6.44. The number of carbonyl (C=O) groups is 1. The maximum absolute atomic E-state index is 12.0. The van der Waals surface area contributed by atoms with Crippen molar-refractivity contribution in [1.29, 1.82) is 0 Å². The Morgan fingerprint density at radius 2 is 1.52 bits per heavy atom. The second-order valence-electron chi connectivity index (χ2n) is 8.26. The fraction of sp³-hybridized carbons (Fsp3) is 0.500. The van der Waals surface area contributed by atoms with Crippen LogP contribution in [0.5, 0.6) is 17.2 Å². The number of hydrogen-bond acceptors (Lipinski definition) is 4. The van der Waals surface area contributed by atoms with Crippen molar-refractivity contribution in [2.75, 3.05) is 44.1 Å². The summed E-state index contributed by atoms with van der Waals surface area (Å²) in [5, 5.41) is 1.83. The molecule has 1 heterocycles. The van der Waals surface area contributed by atoms with Crippen LogP contribution >= 0.6 is 31.9 Å². The molecule has 0 atom stereocenters. The number of piperidine rings is 1. The van der Waals surface area contributed by atoms with Gasteiger partial charge in [0.2, 0.25) is 5.91 Å². The summed E-state index contributed by atoms with van der Waals surface area (Å²) in [6.07, 6.45) is 3.60. The number of alkyl halides is 2. The van der Waals surface area contributed by atoms with Crippen molar-refractivity contribution < 1.29 is 19.0 Å². The molecule has 1 amide bonds. The average Bonchev–Trinajstić information content (AvgIpc) is 2.85. The van der Waals surface area contributed by atoms with Crippen molar-refractivity contribution in [3.8, 4) is 17.2 Å². The number of ether oxygens (including phenoxy) is 3. The summed E-state index contributed by atoms with van der Waals surface area (Å²) in [6, 6.07) is 14.7. The molecule has 180 valence electrons. The van der Waals surface area contributed by atoms with Crippen LogP contribution in [0.2, 0.25) is 0 Å². The van der Waals surface area contributed by atoms with Gasteiger partial charge in [-0.2, -0.15) is 0 Å². The smallest absolute Gasteiger partial charge is 0.219 e. The summed E-state index contributed by atoms with van der Waals surface area (Å²) in [7, 11) is 1.68. The van der Waals surface area contributed by atoms with Crippen LogP contribution in [0.15, 0.2) is 42.5 Å². The molecule has 1 aliphatic rings. The molecule has 0 aromatic heterocycles. The van der Waals surface area contributed by atoms with Gasteiger partial charge in [0, 0.05) is 36.1 Å². The minimum absolute atomic E-state index is 0.132. The highest BCUT2D eigenvalue weighted by Crippen LogP contribution is 2.44. The van der Waals surface area contributed by atoms with Crippen LogP contribution in [0.4, 0.5) is 0 Å². The summed E-state index contributed by atoms with van der Waals surface area (Å²) < 4.78 is 17.5. The second kappa shape index (κ2) is 12.7. The number of benzene rings is 2. The first-order valence-electron chi connectivity index (χ1n) is 11.5. The topological polar surface area (TPSA) is 48.0 Å². The standard InChI is InChI=1S/C26H33Br2NO4/c1-20(30)29-15-11-26(12-16-29,21-5-8-23(9-6-21)32-17-3-13-27)22-7-10-24(25(19-22)31-2)33-18-4-14-28/h5-10,19H,3-4,11-18H2,1-2H3. The van der Waals surface area contributed by atoms with Gasteiger partial charge in [-0.05, 0) is 61.1 Å². The van der Waals surface area contributed by atoms with Gasteiger partial charge in [0.1, 0.15) is 5.75 Å². The van der Waals surface area contributed by atoms with Crippen LogP contribution in [0.25, 0.3) is 0 Å². The van der Waals surface area contributed by atoms with Gasteiger partial charge in [0.15, 0.2) is 11.5 Å². The predicted molar refractivity (Wildman–Crippen MR) is 140 cm³/mol. The fourth-order valence-corrected chi connectivity index (χ4v) is 4.84. The van der Waals surface area contributed by atoms with Crippen LogP contribution in [0.1, 0.15) is 43.7 Å². The maximum Gasteiger partial charge on any atom is 0.219 e. The SMILES string of the molecule is COc1cc(C2(c3ccc(OCCCBr)cc3)CCN(C(C)=O)CC2)ccc1OCCCBr. The molecule has 1 aliphatic heterocycles. The Bertz CT molecular complexity index is 896. The molecule has 0 bridgehead atoms. The van der Waals surface area contributed by atoms with E-state index in [0.29, 0.717) is 13.2 Å². The molecule has 1 fully saturated rings. The lowest BCUT2D eigenvalue weighted by molar-refractivity contribution is -0.130. The lowest BCUT2D eigenvalue weighted by Gasteiger charge is -2.43. The minimum Gasteiger partial charge on any atom is -0.494 e. The van der Waals surface area contributed by atoms with E-state index in [1.54, 1.807) is 14.0 Å². The number of halogens is 2. The molecule has 0 spiro atoms. The van der Waals surface area contributed by atoms with Crippen molar-refractivity contribution in [3.05, 3.63) is 53.6 Å². The first-order chi connectivity index (χ1) is 16.0. The molecule has 5 nitrogen and oxygen atoms in total. The van der Waals surface area contributed by atoms with Crippen molar-refractivity contribution in [2.24, 2.45) is 0 Å². The predicted octanol–water partition coefficient (Wildman–Crippen LogP) is 5.95. The summed E-state index contributed by atoms with van der Waals surface area (Å²) in [4.78, 5) is 13.9. The Kier molecular flexibility index (Phi) is 9.93. The molecule has 0 saturated carbocycles. The highest BCUT2D eigenvalue weighted by atomic mass is 79.9. The molecule has 3 rings (SSSR count). The summed E-state index contributed by atoms with van der Waals surface area (Å²) >= 11 is 6.88. The van der Waals surface area contributed by atoms with Gasteiger partial charge < -0.3 is 19.1 Å². The molecule has 0 N–H and O–H groups in total. The Labute approximate surface area is 214 Å². The summed E-state index contributed by atoms with van der Waals surface area (Å²) in [6.45, 7) is 4.43. The molecule has 0 aliphatic carbocycles. The van der Waals surface area contributed by atoms with E-state index in [-0.39, 0.29) is 11.3 Å². The number of methoxy groups -OCH3 is 1. The van der Waals surface area contributed by atoms with Crippen molar-refractivity contribution in [3.63, 3.8) is 0 Å². The average molecular weight is 583 g/mol. The number of likely N-dealkylation sites (tertiary alicyclic amines) is 1. The summed E-state index contributed by atoms with van der Waals surface area (Å²) in [5.74, 6) is 2.51. The third-order valence-corrected chi connectivity index (χ3v) is 7.39. The first kappa shape index (κ1) is 25.9. The zero-order valence-corrected chi connectivity index (χ0v) is 22.6. The minimum atomic E-state index is -0.206. The van der Waals surface area contributed by atoms with Crippen LogP contribution in [0, 0.1) is 0 Å². The van der Waals surface area contributed by atoms with Gasteiger partial charge in [0.05, 0.1) is 20.3 Å². The monoisotopic (exact) mass is 581 g/mol. The van der Waals surface area contributed by atoms with E-state index in [1.165, 1.54) is 11.1 Å². The third-order valence-electron chi connectivity index (χ3n) is 6.27. The zero-order valence-electron chi connectivity index (χ0n) is 19.4. The number of hydrogen-bond donors (Lipinski definition) is 0. The van der Waals surface area contributed by atoms with Crippen molar-refractivity contribution in [2.45, 2.75) is 38.0 Å². The van der Waals surface area contributed by atoms with Gasteiger partial charge in [0.25, 0.3) is 0 Å². The lowest BCUT2D eigenvalue weighted by atomic mass is 9.68. The van der Waals surface area contributed by atoms with Gasteiger partial charge in [-0.15, -0.1) is 0 Å². The van der Waals surface area contributed by atoms with E-state index in [0.717, 1.165) is 66.7 Å². The lowest BCUT2D eigenvalue weighted by Crippen LogP contribution is -2.45. The molecule has 2 aromatic rings. The van der Waals surface area contributed by atoms with Crippen LogP contribution in [-0.4, -0.2) is 54.9 Å². The van der Waals surface area contributed by atoms with Crippen LogP contribution in [0.3, 0.4) is 0 Å². The highest BCUT2D eigenvalue weighted by Gasteiger charge is 2.39. The van der Waals surface area contributed by atoms with Crippen molar-refractivity contribution in [1.82, 2.24) is 4.90 Å². The van der Waals surface area contributed by atoms with Gasteiger partial charge in [-0.3, -0.25) is 4.79 Å². The van der Waals surface area contributed by atoms with Crippen molar-refractivity contribution >= 4 is 37.8 Å². The van der Waals surface area contributed by atoms with E-state index < -0.39 is 0 Å². The number of nitrogens with zero attached hydrogens (tertiary/aromatic N) is 1. The molecular weight excluding hydrogens is 550 g/mol. The molecule has 0 unspecified atom stereocenters. The van der Waals surface area contributed by atoms with Crippen LogP contribution in [-0.2, 0) is 10.2 Å². The molecule has 7 heteroatoms. The van der Waals surface area contributed by atoms with Crippen LogP contribution < -0.4 is 14.2 Å². The van der Waals surface area contributed by atoms with Gasteiger partial charge >= 0.3 is 0 Å². The van der Waals surface area contributed by atoms with E-state index in [4.69, 9.17) is 14.2 Å².